The molecule has 0 aliphatic carbocycles. The molecule has 1 saturated heterocycles. The number of aliphatic carboxylic acids is 1. The Kier molecular flexibility index (Phi) is 6.94. The van der Waals surface area contributed by atoms with Gasteiger partial charge in [0.2, 0.25) is 0 Å². The van der Waals surface area contributed by atoms with Crippen LogP contribution in [0.1, 0.15) is 18.4 Å². The average Bonchev–Trinajstić information content (AvgIpc) is 3.49. The third-order valence-corrected chi connectivity index (χ3v) is 7.84. The SMILES string of the molecule is CC(=O)OCC1=C(C(=O)O)N2C(=O)[C@@H](NC(=O)C(=NOCc3ncc[nH]3)c3csc(N)n3)[C@H]2S(=O)(=O)C1. The predicted octanol–water partition coefficient (Wildman–Crippen LogP) is -1.65. The molecule has 2 aromatic rings. The van der Waals surface area contributed by atoms with Crippen LogP contribution in [0.2, 0.25) is 0 Å². The van der Waals surface area contributed by atoms with E-state index in [2.05, 4.69) is 25.4 Å². The van der Waals surface area contributed by atoms with E-state index < -0.39 is 68.8 Å². The zero-order valence-electron chi connectivity index (χ0n) is 18.9. The van der Waals surface area contributed by atoms with Crippen molar-refractivity contribution in [1.82, 2.24) is 25.2 Å². The maximum absolute atomic E-state index is 13.1. The number of thiazole rings is 1. The number of carbonyl (C=O) groups excluding carboxylic acids is 3. The fraction of sp³-hybridized carbons (Fsp3) is 0.316. The number of imidazole rings is 1. The Morgan fingerprint density at radius 1 is 1.38 bits per heavy atom. The smallest absolute Gasteiger partial charge is 0.352 e. The maximum Gasteiger partial charge on any atom is 0.352 e. The minimum Gasteiger partial charge on any atom is -0.477 e. The van der Waals surface area contributed by atoms with E-state index in [1.54, 1.807) is 6.20 Å². The van der Waals surface area contributed by atoms with Gasteiger partial charge < -0.3 is 30.7 Å². The number of sulfone groups is 1. The van der Waals surface area contributed by atoms with Crippen molar-refractivity contribution in [2.45, 2.75) is 24.9 Å². The van der Waals surface area contributed by atoms with Gasteiger partial charge in [0.05, 0.1) is 5.75 Å². The summed E-state index contributed by atoms with van der Waals surface area (Å²) in [6, 6.07) is -1.62. The molecule has 0 bridgehead atoms. The zero-order chi connectivity index (χ0) is 26.9. The minimum atomic E-state index is -4.19. The molecule has 2 aliphatic heterocycles. The predicted molar refractivity (Wildman–Crippen MR) is 124 cm³/mol. The van der Waals surface area contributed by atoms with Crippen molar-refractivity contribution in [3.05, 3.63) is 40.6 Å². The van der Waals surface area contributed by atoms with Crippen LogP contribution in [-0.2, 0) is 45.2 Å². The standard InChI is InChI=1S/C19H19N7O9S2/c1-8(27)34-4-9-7-37(32,33)17-13(16(29)26(17)14(9)18(30)31)24-15(28)12(10-6-36-19(20)23-10)25-35-5-11-21-2-3-22-11/h2-3,6,13,17H,4-5,7H2,1H3,(H2,20,23)(H,21,22)(H,24,28)(H,30,31)/t13-,17-/m1/s1. The van der Waals surface area contributed by atoms with Crippen LogP contribution >= 0.6 is 11.3 Å². The number of hydrogen-bond donors (Lipinski definition) is 4. The van der Waals surface area contributed by atoms with Crippen LogP contribution in [-0.4, -0.2) is 86.6 Å². The van der Waals surface area contributed by atoms with Crippen molar-refractivity contribution in [3.8, 4) is 0 Å². The molecule has 2 aliphatic rings. The summed E-state index contributed by atoms with van der Waals surface area (Å²) >= 11 is 1.00. The van der Waals surface area contributed by atoms with Crippen LogP contribution < -0.4 is 11.1 Å². The summed E-state index contributed by atoms with van der Waals surface area (Å²) in [7, 11) is -4.19. The number of carbonyl (C=O) groups is 4. The highest BCUT2D eigenvalue weighted by atomic mass is 32.2. The third kappa shape index (κ3) is 5.14. The Morgan fingerprint density at radius 3 is 2.73 bits per heavy atom. The lowest BCUT2D eigenvalue weighted by Crippen LogP contribution is -2.75. The topological polar surface area (TPSA) is 236 Å². The van der Waals surface area contributed by atoms with Crippen LogP contribution in [0.3, 0.4) is 0 Å². The van der Waals surface area contributed by atoms with Gasteiger partial charge in [-0.1, -0.05) is 5.16 Å². The van der Waals surface area contributed by atoms with Crippen molar-refractivity contribution in [2.24, 2.45) is 5.16 Å². The van der Waals surface area contributed by atoms with Crippen LogP contribution in [0, 0.1) is 0 Å². The molecule has 18 heteroatoms. The quantitative estimate of drug-likeness (QED) is 0.118. The largest absolute Gasteiger partial charge is 0.477 e. The summed E-state index contributed by atoms with van der Waals surface area (Å²) in [6.07, 6.45) is 3.03. The Bertz CT molecular complexity index is 1430. The van der Waals surface area contributed by atoms with E-state index in [0.717, 1.165) is 18.3 Å². The van der Waals surface area contributed by atoms with E-state index in [-0.39, 0.29) is 23.0 Å². The molecule has 5 N–H and O–H groups in total. The van der Waals surface area contributed by atoms with Crippen molar-refractivity contribution < 1.29 is 42.3 Å². The lowest BCUT2D eigenvalue weighted by molar-refractivity contribution is -0.150. The second-order valence-corrected chi connectivity index (χ2v) is 10.7. The normalized spacial score (nSPS) is 20.6. The summed E-state index contributed by atoms with van der Waals surface area (Å²) in [5.41, 5.74) is 4.34. The number of amides is 2. The molecule has 2 atom stereocenters. The van der Waals surface area contributed by atoms with Crippen molar-refractivity contribution in [3.63, 3.8) is 0 Å². The second kappa shape index (κ2) is 9.97. The Balaban J connectivity index is 1.58. The first-order chi connectivity index (χ1) is 17.5. The summed E-state index contributed by atoms with van der Waals surface area (Å²) in [4.78, 5) is 65.3. The number of ether oxygens (including phenoxy) is 1. The van der Waals surface area contributed by atoms with Crippen molar-refractivity contribution >= 4 is 55.8 Å². The van der Waals surface area contributed by atoms with Gasteiger partial charge in [0, 0.05) is 30.3 Å². The number of fused-ring (bicyclic) bond motifs is 1. The van der Waals surface area contributed by atoms with E-state index in [1.165, 1.54) is 11.6 Å². The zero-order valence-corrected chi connectivity index (χ0v) is 20.5. The van der Waals surface area contributed by atoms with Crippen LogP contribution in [0.4, 0.5) is 5.13 Å². The van der Waals surface area contributed by atoms with Gasteiger partial charge in [-0.3, -0.25) is 19.3 Å². The molecule has 2 amide bonds. The number of nitrogens with one attached hydrogen (secondary N) is 2. The number of carboxylic acids is 1. The Labute approximate surface area is 212 Å². The summed E-state index contributed by atoms with van der Waals surface area (Å²) < 4.78 is 30.6. The molecule has 4 rings (SSSR count). The van der Waals surface area contributed by atoms with Crippen LogP contribution in [0.15, 0.2) is 34.2 Å². The number of nitrogens with zero attached hydrogens (tertiary/aromatic N) is 4. The fourth-order valence-electron chi connectivity index (χ4n) is 3.67. The molecule has 0 saturated carbocycles. The number of aromatic nitrogens is 3. The fourth-order valence-corrected chi connectivity index (χ4v) is 6.22. The number of aromatic amines is 1. The van der Waals surface area contributed by atoms with Crippen molar-refractivity contribution in [1.29, 1.82) is 0 Å². The van der Waals surface area contributed by atoms with Crippen molar-refractivity contribution in [2.75, 3.05) is 18.1 Å². The molecule has 4 heterocycles. The lowest BCUT2D eigenvalue weighted by atomic mass is 10.0. The Morgan fingerprint density at radius 2 is 2.14 bits per heavy atom. The second-order valence-electron chi connectivity index (χ2n) is 7.71. The van der Waals surface area contributed by atoms with E-state index in [1.807, 2.05) is 0 Å². The highest BCUT2D eigenvalue weighted by Crippen LogP contribution is 2.37. The van der Waals surface area contributed by atoms with Gasteiger partial charge in [-0.25, -0.2) is 23.2 Å². The molecule has 0 radical (unpaired) electrons. The summed E-state index contributed by atoms with van der Waals surface area (Å²) in [5.74, 6) is -4.75. The first kappa shape index (κ1) is 25.8. The minimum absolute atomic E-state index is 0.00404. The van der Waals surface area contributed by atoms with Gasteiger partial charge in [-0.15, -0.1) is 11.3 Å². The number of hydrogen-bond acceptors (Lipinski definition) is 13. The van der Waals surface area contributed by atoms with Gasteiger partial charge in [0.15, 0.2) is 32.7 Å². The van der Waals surface area contributed by atoms with Gasteiger partial charge in [-0.05, 0) is 0 Å². The number of anilines is 1. The number of H-pyrrole nitrogens is 1. The molecule has 37 heavy (non-hydrogen) atoms. The number of nitrogen functional groups attached to an aromatic ring is 1. The number of carboxylic acid groups (broad SMARTS) is 1. The molecular formula is C19H19N7O9S2. The maximum atomic E-state index is 13.1. The van der Waals surface area contributed by atoms with Gasteiger partial charge in [-0.2, -0.15) is 0 Å². The average molecular weight is 554 g/mol. The molecule has 1 fully saturated rings. The number of oxime groups is 1. The van der Waals surface area contributed by atoms with Gasteiger partial charge in [0.1, 0.15) is 29.9 Å². The molecular weight excluding hydrogens is 534 g/mol. The molecule has 2 aromatic heterocycles. The number of nitrogens with two attached hydrogens (primary N) is 1. The molecule has 0 spiro atoms. The van der Waals surface area contributed by atoms with E-state index in [9.17, 15) is 32.7 Å². The molecule has 16 nitrogen and oxygen atoms in total. The highest BCUT2D eigenvalue weighted by Gasteiger charge is 2.60. The lowest BCUT2D eigenvalue weighted by Gasteiger charge is -2.48. The number of rotatable bonds is 9. The third-order valence-electron chi connectivity index (χ3n) is 5.19. The van der Waals surface area contributed by atoms with Crippen LogP contribution in [0.25, 0.3) is 0 Å². The highest BCUT2D eigenvalue weighted by molar-refractivity contribution is 7.92. The van der Waals surface area contributed by atoms with E-state index in [0.29, 0.717) is 10.7 Å². The van der Waals surface area contributed by atoms with E-state index >= 15 is 0 Å². The Hall–Kier alpha value is -4.32. The van der Waals surface area contributed by atoms with Gasteiger partial charge in [0.25, 0.3) is 11.8 Å². The summed E-state index contributed by atoms with van der Waals surface area (Å²) in [6.45, 7) is 0.294. The first-order valence-corrected chi connectivity index (χ1v) is 12.9. The van der Waals surface area contributed by atoms with Gasteiger partial charge >= 0.3 is 11.9 Å². The first-order valence-electron chi connectivity index (χ1n) is 10.3. The monoisotopic (exact) mass is 553 g/mol. The number of β-lactam (4-membered cyclic amide) rings is 1. The molecule has 0 unspecified atom stereocenters. The molecule has 196 valence electrons. The van der Waals surface area contributed by atoms with Crippen LogP contribution in [0.5, 0.6) is 0 Å². The number of esters is 1. The summed E-state index contributed by atoms with van der Waals surface area (Å²) in [5, 5.41) is 15.5. The van der Waals surface area contributed by atoms with E-state index in [4.69, 9.17) is 15.3 Å². The molecule has 0 aromatic carbocycles.